The second kappa shape index (κ2) is 5.06. The Bertz CT molecular complexity index is 576. The molecule has 0 bridgehead atoms. The SMILES string of the molecule is CCCc1nc(-c2cn(C)nc2C)nc(N)c1Br. The summed E-state index contributed by atoms with van der Waals surface area (Å²) < 4.78 is 2.56. The van der Waals surface area contributed by atoms with Gasteiger partial charge in [0, 0.05) is 13.2 Å². The third-order valence-corrected chi connectivity index (χ3v) is 3.55. The summed E-state index contributed by atoms with van der Waals surface area (Å²) in [6, 6.07) is 0. The van der Waals surface area contributed by atoms with Crippen molar-refractivity contribution in [2.75, 3.05) is 5.73 Å². The molecule has 5 nitrogen and oxygen atoms in total. The second-order valence-corrected chi connectivity index (χ2v) is 5.04. The fourth-order valence-electron chi connectivity index (χ4n) is 1.85. The molecule has 0 unspecified atom stereocenters. The highest BCUT2D eigenvalue weighted by Crippen LogP contribution is 2.27. The summed E-state index contributed by atoms with van der Waals surface area (Å²) in [4.78, 5) is 8.90. The number of hydrogen-bond donors (Lipinski definition) is 1. The quantitative estimate of drug-likeness (QED) is 0.945. The van der Waals surface area contributed by atoms with Crippen molar-refractivity contribution in [3.05, 3.63) is 22.1 Å². The van der Waals surface area contributed by atoms with Gasteiger partial charge in [0.1, 0.15) is 5.82 Å². The third kappa shape index (κ3) is 2.38. The van der Waals surface area contributed by atoms with Gasteiger partial charge in [-0.1, -0.05) is 13.3 Å². The average Bonchev–Trinajstić information content (AvgIpc) is 2.64. The lowest BCUT2D eigenvalue weighted by atomic mass is 10.2. The van der Waals surface area contributed by atoms with Crippen LogP contribution < -0.4 is 5.73 Å². The van der Waals surface area contributed by atoms with Crippen LogP contribution in [0.4, 0.5) is 5.82 Å². The molecular formula is C12H16BrN5. The molecule has 0 aliphatic rings. The monoisotopic (exact) mass is 309 g/mol. The molecule has 0 atom stereocenters. The molecule has 0 saturated heterocycles. The molecule has 6 heteroatoms. The Morgan fingerprint density at radius 3 is 2.67 bits per heavy atom. The Labute approximate surface area is 115 Å². The van der Waals surface area contributed by atoms with Gasteiger partial charge >= 0.3 is 0 Å². The van der Waals surface area contributed by atoms with Crippen molar-refractivity contribution in [3.63, 3.8) is 0 Å². The molecule has 2 heterocycles. The zero-order chi connectivity index (χ0) is 13.3. The van der Waals surface area contributed by atoms with E-state index in [4.69, 9.17) is 5.73 Å². The summed E-state index contributed by atoms with van der Waals surface area (Å²) in [5, 5.41) is 4.30. The predicted molar refractivity (Wildman–Crippen MR) is 75.1 cm³/mol. The smallest absolute Gasteiger partial charge is 0.165 e. The van der Waals surface area contributed by atoms with Gasteiger partial charge in [0.05, 0.1) is 21.4 Å². The lowest BCUT2D eigenvalue weighted by molar-refractivity contribution is 0.756. The Morgan fingerprint density at radius 1 is 1.39 bits per heavy atom. The van der Waals surface area contributed by atoms with E-state index >= 15 is 0 Å². The zero-order valence-corrected chi connectivity index (χ0v) is 12.3. The van der Waals surface area contributed by atoms with E-state index in [0.29, 0.717) is 11.6 Å². The molecule has 2 aromatic heterocycles. The first kappa shape index (κ1) is 13.0. The van der Waals surface area contributed by atoms with Crippen LogP contribution in [0.15, 0.2) is 10.7 Å². The molecule has 0 saturated carbocycles. The molecule has 0 amide bonds. The molecular weight excluding hydrogens is 294 g/mol. The van der Waals surface area contributed by atoms with Gasteiger partial charge in [-0.25, -0.2) is 9.97 Å². The van der Waals surface area contributed by atoms with Crippen molar-refractivity contribution >= 4 is 21.7 Å². The molecule has 0 radical (unpaired) electrons. The topological polar surface area (TPSA) is 69.6 Å². The minimum Gasteiger partial charge on any atom is -0.383 e. The summed E-state index contributed by atoms with van der Waals surface area (Å²) >= 11 is 3.44. The van der Waals surface area contributed by atoms with Gasteiger partial charge in [0.25, 0.3) is 0 Å². The maximum atomic E-state index is 5.92. The number of aromatic nitrogens is 4. The normalized spacial score (nSPS) is 10.9. The number of rotatable bonds is 3. The van der Waals surface area contributed by atoms with Crippen molar-refractivity contribution < 1.29 is 0 Å². The summed E-state index contributed by atoms with van der Waals surface area (Å²) in [6.07, 6.45) is 3.80. The van der Waals surface area contributed by atoms with E-state index in [1.807, 2.05) is 20.2 Å². The van der Waals surface area contributed by atoms with Crippen molar-refractivity contribution in [3.8, 4) is 11.4 Å². The van der Waals surface area contributed by atoms with Gasteiger partial charge in [-0.3, -0.25) is 4.68 Å². The van der Waals surface area contributed by atoms with Crippen molar-refractivity contribution in [1.82, 2.24) is 19.7 Å². The second-order valence-electron chi connectivity index (χ2n) is 4.24. The first-order chi connectivity index (χ1) is 8.52. The predicted octanol–water partition coefficient (Wildman–Crippen LogP) is 2.48. The first-order valence-electron chi connectivity index (χ1n) is 5.85. The number of nitrogen functional groups attached to an aromatic ring is 1. The van der Waals surface area contributed by atoms with Crippen LogP contribution in [0.25, 0.3) is 11.4 Å². The van der Waals surface area contributed by atoms with Crippen molar-refractivity contribution in [2.24, 2.45) is 7.05 Å². The van der Waals surface area contributed by atoms with Crippen LogP contribution in [0.2, 0.25) is 0 Å². The van der Waals surface area contributed by atoms with Crippen LogP contribution in [0.1, 0.15) is 24.7 Å². The van der Waals surface area contributed by atoms with Gasteiger partial charge in [-0.2, -0.15) is 5.10 Å². The highest BCUT2D eigenvalue weighted by Gasteiger charge is 2.14. The summed E-state index contributed by atoms with van der Waals surface area (Å²) in [7, 11) is 1.88. The minimum atomic E-state index is 0.478. The van der Waals surface area contributed by atoms with E-state index in [2.05, 4.69) is 37.9 Å². The van der Waals surface area contributed by atoms with E-state index in [0.717, 1.165) is 34.3 Å². The molecule has 0 aliphatic heterocycles. The van der Waals surface area contributed by atoms with Gasteiger partial charge < -0.3 is 5.73 Å². The van der Waals surface area contributed by atoms with E-state index in [1.54, 1.807) is 4.68 Å². The summed E-state index contributed by atoms with van der Waals surface area (Å²) in [5.41, 5.74) is 8.70. The number of hydrogen-bond acceptors (Lipinski definition) is 4. The molecule has 2 rings (SSSR count). The largest absolute Gasteiger partial charge is 0.383 e. The van der Waals surface area contributed by atoms with Gasteiger partial charge in [-0.05, 0) is 29.3 Å². The third-order valence-electron chi connectivity index (χ3n) is 2.69. The Hall–Kier alpha value is -1.43. The first-order valence-corrected chi connectivity index (χ1v) is 6.64. The van der Waals surface area contributed by atoms with Crippen LogP contribution in [0.3, 0.4) is 0 Å². The highest BCUT2D eigenvalue weighted by molar-refractivity contribution is 9.10. The van der Waals surface area contributed by atoms with Crippen LogP contribution >= 0.6 is 15.9 Å². The van der Waals surface area contributed by atoms with Crippen LogP contribution in [0.5, 0.6) is 0 Å². The van der Waals surface area contributed by atoms with Crippen LogP contribution in [-0.4, -0.2) is 19.7 Å². The lowest BCUT2D eigenvalue weighted by Gasteiger charge is -2.07. The van der Waals surface area contributed by atoms with Gasteiger partial charge in [0.2, 0.25) is 0 Å². The highest BCUT2D eigenvalue weighted by atomic mass is 79.9. The minimum absolute atomic E-state index is 0.478. The van der Waals surface area contributed by atoms with Gasteiger partial charge in [-0.15, -0.1) is 0 Å². The molecule has 0 aromatic carbocycles. The Balaban J connectivity index is 2.55. The average molecular weight is 310 g/mol. The van der Waals surface area contributed by atoms with Crippen LogP contribution in [-0.2, 0) is 13.5 Å². The summed E-state index contributed by atoms with van der Waals surface area (Å²) in [5.74, 6) is 1.12. The fraction of sp³-hybridized carbons (Fsp3) is 0.417. The lowest BCUT2D eigenvalue weighted by Crippen LogP contribution is -2.03. The summed E-state index contributed by atoms with van der Waals surface area (Å²) in [6.45, 7) is 4.05. The van der Waals surface area contributed by atoms with E-state index in [1.165, 1.54) is 0 Å². The van der Waals surface area contributed by atoms with E-state index < -0.39 is 0 Å². The number of anilines is 1. The molecule has 2 N–H and O–H groups in total. The maximum Gasteiger partial charge on any atom is 0.165 e. The number of nitrogens with two attached hydrogens (primary N) is 1. The zero-order valence-electron chi connectivity index (χ0n) is 10.7. The molecule has 18 heavy (non-hydrogen) atoms. The number of nitrogens with zero attached hydrogens (tertiary/aromatic N) is 4. The number of aryl methyl sites for hydroxylation is 3. The molecule has 2 aromatic rings. The number of halogens is 1. The van der Waals surface area contributed by atoms with Crippen LogP contribution in [0, 0.1) is 6.92 Å². The fourth-order valence-corrected chi connectivity index (χ4v) is 2.23. The van der Waals surface area contributed by atoms with Crippen molar-refractivity contribution in [1.29, 1.82) is 0 Å². The molecule has 96 valence electrons. The maximum absolute atomic E-state index is 5.92. The molecule has 0 spiro atoms. The van der Waals surface area contributed by atoms with Crippen molar-refractivity contribution in [2.45, 2.75) is 26.7 Å². The van der Waals surface area contributed by atoms with E-state index in [9.17, 15) is 0 Å². The standard InChI is InChI=1S/C12H16BrN5/c1-4-5-9-10(13)11(14)16-12(15-9)8-6-18(3)17-7(8)2/h6H,4-5H2,1-3H3,(H2,14,15,16). The Morgan fingerprint density at radius 2 is 2.11 bits per heavy atom. The van der Waals surface area contributed by atoms with Gasteiger partial charge in [0.15, 0.2) is 5.82 Å². The van der Waals surface area contributed by atoms with E-state index in [-0.39, 0.29) is 0 Å². The Kier molecular flexibility index (Phi) is 3.65. The molecule has 0 aliphatic carbocycles. The molecule has 0 fully saturated rings.